The van der Waals surface area contributed by atoms with Crippen LogP contribution >= 0.6 is 0 Å². The Labute approximate surface area is 134 Å². The SMILES string of the molecule is CNCC(=O)Nc1ccc(-c2cnc3c(C)cccc3c2)cn1. The van der Waals surface area contributed by atoms with Crippen LogP contribution in [0, 0.1) is 6.92 Å². The lowest BCUT2D eigenvalue weighted by atomic mass is 10.1. The number of rotatable bonds is 4. The predicted molar refractivity (Wildman–Crippen MR) is 92.3 cm³/mol. The van der Waals surface area contributed by atoms with Crippen LogP contribution in [0.25, 0.3) is 22.0 Å². The van der Waals surface area contributed by atoms with Crippen LogP contribution in [0.5, 0.6) is 0 Å². The first-order chi connectivity index (χ1) is 11.2. The zero-order chi connectivity index (χ0) is 16.2. The van der Waals surface area contributed by atoms with Gasteiger partial charge in [0.05, 0.1) is 12.1 Å². The van der Waals surface area contributed by atoms with Gasteiger partial charge >= 0.3 is 0 Å². The molecule has 0 unspecified atom stereocenters. The van der Waals surface area contributed by atoms with Crippen molar-refractivity contribution in [2.45, 2.75) is 6.92 Å². The molecular formula is C18H18N4O. The largest absolute Gasteiger partial charge is 0.311 e. The van der Waals surface area contributed by atoms with Gasteiger partial charge in [0.25, 0.3) is 0 Å². The maximum absolute atomic E-state index is 11.5. The highest BCUT2D eigenvalue weighted by atomic mass is 16.1. The lowest BCUT2D eigenvalue weighted by Crippen LogP contribution is -2.25. The third-order valence-corrected chi connectivity index (χ3v) is 3.61. The van der Waals surface area contributed by atoms with Gasteiger partial charge in [-0.1, -0.05) is 18.2 Å². The van der Waals surface area contributed by atoms with Gasteiger partial charge in [-0.25, -0.2) is 4.98 Å². The van der Waals surface area contributed by atoms with E-state index in [0.717, 1.165) is 27.6 Å². The van der Waals surface area contributed by atoms with Crippen molar-refractivity contribution in [1.82, 2.24) is 15.3 Å². The quantitative estimate of drug-likeness (QED) is 0.778. The fraction of sp³-hybridized carbons (Fsp3) is 0.167. The number of aromatic nitrogens is 2. The Bertz CT molecular complexity index is 843. The van der Waals surface area contributed by atoms with E-state index in [1.54, 1.807) is 19.3 Å². The van der Waals surface area contributed by atoms with Gasteiger partial charge < -0.3 is 10.6 Å². The molecule has 0 radical (unpaired) electrons. The van der Waals surface area contributed by atoms with E-state index in [4.69, 9.17) is 0 Å². The smallest absolute Gasteiger partial charge is 0.239 e. The van der Waals surface area contributed by atoms with Crippen molar-refractivity contribution in [3.8, 4) is 11.1 Å². The minimum absolute atomic E-state index is 0.115. The Hall–Kier alpha value is -2.79. The number of nitrogens with one attached hydrogen (secondary N) is 2. The zero-order valence-electron chi connectivity index (χ0n) is 13.1. The summed E-state index contributed by atoms with van der Waals surface area (Å²) in [6.45, 7) is 2.32. The van der Waals surface area contributed by atoms with Crippen LogP contribution in [0.4, 0.5) is 5.82 Å². The van der Waals surface area contributed by atoms with Gasteiger partial charge in [-0.05, 0) is 37.7 Å². The van der Waals surface area contributed by atoms with Gasteiger partial charge in [0.15, 0.2) is 0 Å². The van der Waals surface area contributed by atoms with Gasteiger partial charge in [-0.15, -0.1) is 0 Å². The van der Waals surface area contributed by atoms with Gasteiger partial charge in [-0.3, -0.25) is 9.78 Å². The number of para-hydroxylation sites is 1. The highest BCUT2D eigenvalue weighted by molar-refractivity contribution is 5.91. The molecule has 1 aromatic carbocycles. The second-order valence-corrected chi connectivity index (χ2v) is 5.38. The van der Waals surface area contributed by atoms with Crippen LogP contribution in [0.1, 0.15) is 5.56 Å². The summed E-state index contributed by atoms with van der Waals surface area (Å²) in [5, 5.41) is 6.63. The number of nitrogens with zero attached hydrogens (tertiary/aromatic N) is 2. The van der Waals surface area contributed by atoms with Crippen molar-refractivity contribution in [1.29, 1.82) is 0 Å². The molecule has 0 saturated heterocycles. The van der Waals surface area contributed by atoms with E-state index in [1.807, 2.05) is 18.3 Å². The number of likely N-dealkylation sites (N-methyl/N-ethyl adjacent to an activating group) is 1. The number of carbonyl (C=O) groups is 1. The molecule has 3 rings (SSSR count). The molecular weight excluding hydrogens is 288 g/mol. The second kappa shape index (κ2) is 6.54. The maximum Gasteiger partial charge on any atom is 0.239 e. The molecule has 23 heavy (non-hydrogen) atoms. The van der Waals surface area contributed by atoms with Crippen LogP contribution in [0.2, 0.25) is 0 Å². The number of aryl methyl sites for hydroxylation is 1. The minimum atomic E-state index is -0.115. The summed E-state index contributed by atoms with van der Waals surface area (Å²) in [5.74, 6) is 0.425. The normalized spacial score (nSPS) is 10.7. The molecule has 0 aliphatic carbocycles. The summed E-state index contributed by atoms with van der Waals surface area (Å²) >= 11 is 0. The fourth-order valence-electron chi connectivity index (χ4n) is 2.46. The summed E-state index contributed by atoms with van der Waals surface area (Å²) in [6, 6.07) is 12.0. The van der Waals surface area contributed by atoms with Gasteiger partial charge in [0, 0.05) is 28.9 Å². The lowest BCUT2D eigenvalue weighted by Gasteiger charge is -2.07. The number of anilines is 1. The third-order valence-electron chi connectivity index (χ3n) is 3.61. The summed E-state index contributed by atoms with van der Waals surface area (Å²) in [5.41, 5.74) is 4.14. The minimum Gasteiger partial charge on any atom is -0.311 e. The Morgan fingerprint density at radius 1 is 1.09 bits per heavy atom. The van der Waals surface area contributed by atoms with Crippen LogP contribution in [0.15, 0.2) is 48.8 Å². The fourth-order valence-corrected chi connectivity index (χ4v) is 2.46. The topological polar surface area (TPSA) is 66.9 Å². The second-order valence-electron chi connectivity index (χ2n) is 5.38. The van der Waals surface area contributed by atoms with Crippen molar-refractivity contribution >= 4 is 22.6 Å². The molecule has 2 aromatic heterocycles. The van der Waals surface area contributed by atoms with Crippen LogP contribution in [-0.2, 0) is 4.79 Å². The van der Waals surface area contributed by atoms with Crippen molar-refractivity contribution in [2.24, 2.45) is 0 Å². The third kappa shape index (κ3) is 3.35. The molecule has 2 heterocycles. The first kappa shape index (κ1) is 15.1. The molecule has 0 aliphatic rings. The molecule has 3 aromatic rings. The number of fused-ring (bicyclic) bond motifs is 1. The van der Waals surface area contributed by atoms with E-state index in [-0.39, 0.29) is 12.5 Å². The van der Waals surface area contributed by atoms with Crippen molar-refractivity contribution in [3.05, 3.63) is 54.4 Å². The van der Waals surface area contributed by atoms with Crippen molar-refractivity contribution in [3.63, 3.8) is 0 Å². The Kier molecular flexibility index (Phi) is 4.30. The molecule has 5 heteroatoms. The number of pyridine rings is 2. The van der Waals surface area contributed by atoms with Crippen molar-refractivity contribution < 1.29 is 4.79 Å². The number of hydrogen-bond acceptors (Lipinski definition) is 4. The van der Waals surface area contributed by atoms with E-state index in [0.29, 0.717) is 5.82 Å². The number of amides is 1. The molecule has 2 N–H and O–H groups in total. The van der Waals surface area contributed by atoms with Crippen molar-refractivity contribution in [2.75, 3.05) is 18.9 Å². The zero-order valence-corrected chi connectivity index (χ0v) is 13.1. The van der Waals surface area contributed by atoms with Gasteiger partial charge in [0.2, 0.25) is 5.91 Å². The Balaban J connectivity index is 1.86. The molecule has 116 valence electrons. The lowest BCUT2D eigenvalue weighted by molar-refractivity contribution is -0.115. The van der Waals surface area contributed by atoms with E-state index in [2.05, 4.69) is 45.7 Å². The van der Waals surface area contributed by atoms with Crippen LogP contribution < -0.4 is 10.6 Å². The molecule has 1 amide bonds. The van der Waals surface area contributed by atoms with Gasteiger partial charge in [-0.2, -0.15) is 0 Å². The molecule has 0 spiro atoms. The highest BCUT2D eigenvalue weighted by Crippen LogP contribution is 2.24. The van der Waals surface area contributed by atoms with E-state index < -0.39 is 0 Å². The Morgan fingerprint density at radius 2 is 1.91 bits per heavy atom. The Morgan fingerprint density at radius 3 is 2.65 bits per heavy atom. The molecule has 0 bridgehead atoms. The highest BCUT2D eigenvalue weighted by Gasteiger charge is 2.05. The molecule has 0 saturated carbocycles. The van der Waals surface area contributed by atoms with Gasteiger partial charge in [0.1, 0.15) is 5.82 Å². The van der Waals surface area contributed by atoms with E-state index in [1.165, 1.54) is 0 Å². The standard InChI is InChI=1S/C18H18N4O/c1-12-4-3-5-13-8-15(10-21-18(12)13)14-6-7-16(20-9-14)22-17(23)11-19-2/h3-10,19H,11H2,1-2H3,(H,20,22,23). The maximum atomic E-state index is 11.5. The van der Waals surface area contributed by atoms with Crippen LogP contribution in [-0.4, -0.2) is 29.5 Å². The molecule has 5 nitrogen and oxygen atoms in total. The summed E-state index contributed by atoms with van der Waals surface area (Å²) < 4.78 is 0. The first-order valence-corrected chi connectivity index (χ1v) is 7.43. The summed E-state index contributed by atoms with van der Waals surface area (Å²) in [6.07, 6.45) is 3.60. The molecule has 0 atom stereocenters. The number of hydrogen-bond donors (Lipinski definition) is 2. The number of carbonyl (C=O) groups excluding carboxylic acids is 1. The van der Waals surface area contributed by atoms with Crippen LogP contribution in [0.3, 0.4) is 0 Å². The van der Waals surface area contributed by atoms with E-state index >= 15 is 0 Å². The van der Waals surface area contributed by atoms with E-state index in [9.17, 15) is 4.79 Å². The monoisotopic (exact) mass is 306 g/mol. The predicted octanol–water partition coefficient (Wildman–Crippen LogP) is 2.76. The summed E-state index contributed by atoms with van der Waals surface area (Å²) in [7, 11) is 1.73. The average Bonchev–Trinajstić information content (AvgIpc) is 2.56. The average molecular weight is 306 g/mol. The molecule has 0 fully saturated rings. The number of benzene rings is 1. The molecule has 0 aliphatic heterocycles. The summed E-state index contributed by atoms with van der Waals surface area (Å²) in [4.78, 5) is 20.4. The first-order valence-electron chi connectivity index (χ1n) is 7.43.